The number of hydrogen-bond donors (Lipinski definition) is 2. The molecule has 1 aromatic rings. The molecule has 0 unspecified atom stereocenters. The monoisotopic (exact) mass is 352 g/mol. The minimum absolute atomic E-state index is 0.119. The molecule has 7 nitrogen and oxygen atoms in total. The first-order chi connectivity index (χ1) is 11.2. The van der Waals surface area contributed by atoms with Crippen LogP contribution in [0.5, 0.6) is 0 Å². The molecule has 24 heavy (non-hydrogen) atoms. The van der Waals surface area contributed by atoms with Crippen LogP contribution in [0.25, 0.3) is 0 Å². The van der Waals surface area contributed by atoms with E-state index in [0.717, 1.165) is 5.56 Å². The van der Waals surface area contributed by atoms with Crippen LogP contribution in [0.1, 0.15) is 29.8 Å². The highest BCUT2D eigenvalue weighted by molar-refractivity contribution is 7.92. The topological polar surface area (TPSA) is 105 Å². The molecule has 0 aromatic heterocycles. The first-order valence-corrected chi connectivity index (χ1v) is 9.38. The lowest BCUT2D eigenvalue weighted by Crippen LogP contribution is -2.57. The fraction of sp³-hybridized carbons (Fsp3) is 0.500. The highest BCUT2D eigenvalue weighted by Gasteiger charge is 2.40. The van der Waals surface area contributed by atoms with E-state index in [9.17, 15) is 13.2 Å². The molecule has 0 radical (unpaired) electrons. The minimum atomic E-state index is -3.08. The van der Waals surface area contributed by atoms with E-state index in [2.05, 4.69) is 10.3 Å². The SMILES string of the molecule is CN=C(NCc1ccc(C(N)=O)cc1)N1CCS(=O)(=O)C(C)(C)C1. The molecule has 1 amide bonds. The highest BCUT2D eigenvalue weighted by Crippen LogP contribution is 2.23. The molecule has 132 valence electrons. The van der Waals surface area contributed by atoms with Crippen LogP contribution in [0.3, 0.4) is 0 Å². The summed E-state index contributed by atoms with van der Waals surface area (Å²) in [5.74, 6) is 0.326. The maximum Gasteiger partial charge on any atom is 0.248 e. The van der Waals surface area contributed by atoms with Gasteiger partial charge in [0.2, 0.25) is 5.91 Å². The van der Waals surface area contributed by atoms with Crippen molar-refractivity contribution < 1.29 is 13.2 Å². The molecule has 2 rings (SSSR count). The summed E-state index contributed by atoms with van der Waals surface area (Å²) < 4.78 is 23.4. The number of nitrogens with one attached hydrogen (secondary N) is 1. The summed E-state index contributed by atoms with van der Waals surface area (Å²) in [5, 5.41) is 3.23. The second-order valence-corrected chi connectivity index (χ2v) is 9.20. The number of guanidine groups is 1. The molecule has 1 fully saturated rings. The molecule has 3 N–H and O–H groups in total. The van der Waals surface area contributed by atoms with Crippen molar-refractivity contribution in [3.63, 3.8) is 0 Å². The standard InChI is InChI=1S/C16H24N4O3S/c1-16(2)11-20(8-9-24(16,22)23)15(18-3)19-10-12-4-6-13(7-5-12)14(17)21/h4-7H,8-11H2,1-3H3,(H2,17,21)(H,18,19). The van der Waals surface area contributed by atoms with Gasteiger partial charge in [0.25, 0.3) is 0 Å². The van der Waals surface area contributed by atoms with E-state index in [4.69, 9.17) is 5.73 Å². The predicted octanol–water partition coefficient (Wildman–Crippen LogP) is 0.370. The summed E-state index contributed by atoms with van der Waals surface area (Å²) in [7, 11) is -1.41. The lowest BCUT2D eigenvalue weighted by molar-refractivity contribution is 0.100. The maximum atomic E-state index is 12.1. The van der Waals surface area contributed by atoms with Crippen LogP contribution < -0.4 is 11.1 Å². The fourth-order valence-corrected chi connectivity index (χ4v) is 3.99. The normalized spacial score (nSPS) is 19.8. The summed E-state index contributed by atoms with van der Waals surface area (Å²) in [5.41, 5.74) is 6.66. The maximum absolute atomic E-state index is 12.1. The van der Waals surface area contributed by atoms with Crippen molar-refractivity contribution in [3.8, 4) is 0 Å². The van der Waals surface area contributed by atoms with E-state index in [0.29, 0.717) is 31.2 Å². The van der Waals surface area contributed by atoms with E-state index in [1.807, 2.05) is 17.0 Å². The zero-order valence-electron chi connectivity index (χ0n) is 14.2. The fourth-order valence-electron chi connectivity index (χ4n) is 2.62. The first kappa shape index (κ1) is 18.3. The van der Waals surface area contributed by atoms with E-state index < -0.39 is 20.5 Å². The van der Waals surface area contributed by atoms with E-state index in [-0.39, 0.29) is 5.75 Å². The molecule has 0 aliphatic carbocycles. The van der Waals surface area contributed by atoms with Gasteiger partial charge in [0.1, 0.15) is 0 Å². The summed E-state index contributed by atoms with van der Waals surface area (Å²) in [6.07, 6.45) is 0. The molecule has 1 aromatic carbocycles. The third-order valence-corrected chi connectivity index (χ3v) is 6.78. The van der Waals surface area contributed by atoms with Crippen LogP contribution in [-0.2, 0) is 16.4 Å². The Morgan fingerprint density at radius 2 is 1.96 bits per heavy atom. The van der Waals surface area contributed by atoms with Gasteiger partial charge in [-0.05, 0) is 31.5 Å². The third-order valence-electron chi connectivity index (χ3n) is 4.24. The van der Waals surface area contributed by atoms with E-state index in [1.54, 1.807) is 33.0 Å². The third kappa shape index (κ3) is 3.87. The zero-order chi connectivity index (χ0) is 18.0. The van der Waals surface area contributed by atoms with Crippen LogP contribution in [-0.4, -0.2) is 55.8 Å². The van der Waals surface area contributed by atoms with Gasteiger partial charge in [0.15, 0.2) is 15.8 Å². The van der Waals surface area contributed by atoms with Gasteiger partial charge < -0.3 is 16.0 Å². The van der Waals surface area contributed by atoms with Crippen LogP contribution in [0, 0.1) is 0 Å². The van der Waals surface area contributed by atoms with Gasteiger partial charge in [0.05, 0.1) is 10.5 Å². The Labute approximate surface area is 142 Å². The molecular formula is C16H24N4O3S. The number of carbonyl (C=O) groups excluding carboxylic acids is 1. The average molecular weight is 352 g/mol. The number of aliphatic imine (C=N–C) groups is 1. The molecule has 8 heteroatoms. The Bertz CT molecular complexity index is 739. The molecular weight excluding hydrogens is 328 g/mol. The molecule has 0 spiro atoms. The largest absolute Gasteiger partial charge is 0.366 e. The lowest BCUT2D eigenvalue weighted by Gasteiger charge is -2.39. The quantitative estimate of drug-likeness (QED) is 0.604. The average Bonchev–Trinajstić information content (AvgIpc) is 2.51. The van der Waals surface area contributed by atoms with E-state index in [1.165, 1.54) is 0 Å². The summed E-state index contributed by atoms with van der Waals surface area (Å²) in [6.45, 7) is 4.83. The van der Waals surface area contributed by atoms with Crippen molar-refractivity contribution in [1.82, 2.24) is 10.2 Å². The number of hydrogen-bond acceptors (Lipinski definition) is 4. The minimum Gasteiger partial charge on any atom is -0.366 e. The second kappa shape index (κ2) is 6.80. The van der Waals surface area contributed by atoms with Crippen LogP contribution >= 0.6 is 0 Å². The van der Waals surface area contributed by atoms with Crippen molar-refractivity contribution in [2.75, 3.05) is 25.9 Å². The van der Waals surface area contributed by atoms with Crippen molar-refractivity contribution in [1.29, 1.82) is 0 Å². The number of primary amides is 1. The first-order valence-electron chi connectivity index (χ1n) is 7.73. The summed E-state index contributed by atoms with van der Waals surface area (Å²) in [4.78, 5) is 17.3. The summed E-state index contributed by atoms with van der Waals surface area (Å²) in [6, 6.07) is 7.01. The number of benzene rings is 1. The van der Waals surface area contributed by atoms with Crippen LogP contribution in [0.2, 0.25) is 0 Å². The molecule has 1 heterocycles. The van der Waals surface area contributed by atoms with Gasteiger partial charge in [0, 0.05) is 32.2 Å². The molecule has 0 atom stereocenters. The Balaban J connectivity index is 2.02. The summed E-state index contributed by atoms with van der Waals surface area (Å²) >= 11 is 0. The lowest BCUT2D eigenvalue weighted by atomic mass is 10.1. The Morgan fingerprint density at radius 1 is 1.33 bits per heavy atom. The number of carbonyl (C=O) groups is 1. The number of amides is 1. The van der Waals surface area contributed by atoms with Gasteiger partial charge in [-0.1, -0.05) is 12.1 Å². The van der Waals surface area contributed by atoms with Crippen LogP contribution in [0.15, 0.2) is 29.3 Å². The molecule has 1 aliphatic heterocycles. The van der Waals surface area contributed by atoms with Crippen molar-refractivity contribution >= 4 is 21.7 Å². The Morgan fingerprint density at radius 3 is 2.46 bits per heavy atom. The van der Waals surface area contributed by atoms with Gasteiger partial charge >= 0.3 is 0 Å². The zero-order valence-corrected chi connectivity index (χ0v) is 15.1. The molecule has 1 aliphatic rings. The number of rotatable bonds is 3. The number of sulfone groups is 1. The van der Waals surface area contributed by atoms with Gasteiger partial charge in [-0.25, -0.2) is 8.42 Å². The smallest absolute Gasteiger partial charge is 0.248 e. The Hall–Kier alpha value is -2.09. The van der Waals surface area contributed by atoms with E-state index >= 15 is 0 Å². The number of nitrogens with zero attached hydrogens (tertiary/aromatic N) is 2. The van der Waals surface area contributed by atoms with Crippen LogP contribution in [0.4, 0.5) is 0 Å². The number of nitrogens with two attached hydrogens (primary N) is 1. The van der Waals surface area contributed by atoms with Gasteiger partial charge in [-0.15, -0.1) is 0 Å². The molecule has 0 saturated carbocycles. The van der Waals surface area contributed by atoms with Gasteiger partial charge in [-0.3, -0.25) is 9.79 Å². The molecule has 0 bridgehead atoms. The van der Waals surface area contributed by atoms with Crippen molar-refractivity contribution in [2.24, 2.45) is 10.7 Å². The predicted molar refractivity (Wildman–Crippen MR) is 94.6 cm³/mol. The molecule has 1 saturated heterocycles. The van der Waals surface area contributed by atoms with Crippen molar-refractivity contribution in [3.05, 3.63) is 35.4 Å². The van der Waals surface area contributed by atoms with Gasteiger partial charge in [-0.2, -0.15) is 0 Å². The Kier molecular flexibility index (Phi) is 5.17. The second-order valence-electron chi connectivity index (χ2n) is 6.46. The highest BCUT2D eigenvalue weighted by atomic mass is 32.2. The van der Waals surface area contributed by atoms with Crippen molar-refractivity contribution in [2.45, 2.75) is 25.1 Å².